The van der Waals surface area contributed by atoms with E-state index in [0.717, 1.165) is 0 Å². The van der Waals surface area contributed by atoms with Crippen LogP contribution in [0.15, 0.2) is 54.6 Å². The molecule has 2 aromatic heterocycles. The SMILES string of the molecule is c1ccc(-n2n3c4ccccc4n23)cc1. The summed E-state index contributed by atoms with van der Waals surface area (Å²) in [5, 5.41) is 0. The van der Waals surface area contributed by atoms with Crippen molar-refractivity contribution in [2.75, 3.05) is 0 Å². The van der Waals surface area contributed by atoms with Crippen molar-refractivity contribution in [2.45, 2.75) is 0 Å². The van der Waals surface area contributed by atoms with Gasteiger partial charge < -0.3 is 0 Å². The molecule has 15 heavy (non-hydrogen) atoms. The van der Waals surface area contributed by atoms with E-state index in [4.69, 9.17) is 0 Å². The van der Waals surface area contributed by atoms with Crippen molar-refractivity contribution in [1.82, 2.24) is 14.1 Å². The van der Waals surface area contributed by atoms with E-state index in [9.17, 15) is 0 Å². The Morgan fingerprint density at radius 1 is 0.600 bits per heavy atom. The van der Waals surface area contributed by atoms with Crippen molar-refractivity contribution in [1.29, 1.82) is 0 Å². The summed E-state index contributed by atoms with van der Waals surface area (Å²) in [7, 11) is 0. The number of nitrogens with zero attached hydrogens (tertiary/aromatic N) is 3. The molecule has 4 rings (SSSR count). The maximum atomic E-state index is 2.16. The zero-order chi connectivity index (χ0) is 9.83. The minimum absolute atomic E-state index is 1.20. The molecule has 0 fully saturated rings. The molecule has 0 amide bonds. The number of hydrogen-bond acceptors (Lipinski definition) is 0. The highest BCUT2D eigenvalue weighted by atomic mass is 15.9. The van der Waals surface area contributed by atoms with E-state index < -0.39 is 0 Å². The first-order valence-electron chi connectivity index (χ1n) is 5.01. The molecule has 0 N–H and O–H groups in total. The number of fused-ring (bicyclic) bond motifs is 4. The second kappa shape index (κ2) is 2.25. The summed E-state index contributed by atoms with van der Waals surface area (Å²) in [4.78, 5) is 2.16. The molecule has 2 aromatic carbocycles. The van der Waals surface area contributed by atoms with Crippen LogP contribution in [-0.2, 0) is 0 Å². The molecule has 3 nitrogen and oxygen atoms in total. The van der Waals surface area contributed by atoms with Crippen LogP contribution < -0.4 is 0 Å². The van der Waals surface area contributed by atoms with Gasteiger partial charge in [-0.05, 0) is 24.3 Å². The molecule has 72 valence electrons. The Kier molecular flexibility index (Phi) is 1.08. The molecule has 0 unspecified atom stereocenters. The van der Waals surface area contributed by atoms with Crippen LogP contribution in [-0.4, -0.2) is 14.1 Å². The number of benzene rings is 2. The zero-order valence-electron chi connectivity index (χ0n) is 8.04. The van der Waals surface area contributed by atoms with Gasteiger partial charge in [-0.1, -0.05) is 30.3 Å². The highest BCUT2D eigenvalue weighted by molar-refractivity contribution is 5.79. The van der Waals surface area contributed by atoms with E-state index in [-0.39, 0.29) is 0 Å². The molecule has 4 aromatic rings. The quantitative estimate of drug-likeness (QED) is 0.443. The topological polar surface area (TPSA) is 13.8 Å². The van der Waals surface area contributed by atoms with Gasteiger partial charge in [0, 0.05) is 0 Å². The van der Waals surface area contributed by atoms with Gasteiger partial charge in [-0.3, -0.25) is 0 Å². The fourth-order valence-corrected chi connectivity index (χ4v) is 2.07. The standard InChI is InChI=1S/C12H9N3/c1-2-6-10(7-3-1)13-14-11-8-4-5-9-12(11)15(13)14/h1-9H. The van der Waals surface area contributed by atoms with E-state index in [1.165, 1.54) is 16.7 Å². The highest BCUT2D eigenvalue weighted by Gasteiger charge is 2.22. The lowest BCUT2D eigenvalue weighted by atomic mass is 10.3. The van der Waals surface area contributed by atoms with E-state index >= 15 is 0 Å². The van der Waals surface area contributed by atoms with E-state index in [1.807, 2.05) is 6.07 Å². The Labute approximate surface area is 86.0 Å². The Balaban J connectivity index is 2.01. The third kappa shape index (κ3) is 0.760. The smallest absolute Gasteiger partial charge is 0.113 e. The van der Waals surface area contributed by atoms with E-state index in [2.05, 4.69) is 62.6 Å². The molecule has 0 radical (unpaired) electrons. The zero-order valence-corrected chi connectivity index (χ0v) is 8.04. The highest BCUT2D eigenvalue weighted by Crippen LogP contribution is 2.25. The van der Waals surface area contributed by atoms with Gasteiger partial charge in [0.2, 0.25) is 0 Å². The van der Waals surface area contributed by atoms with E-state index in [1.54, 1.807) is 0 Å². The van der Waals surface area contributed by atoms with Gasteiger partial charge in [0.1, 0.15) is 11.0 Å². The minimum atomic E-state index is 1.20. The van der Waals surface area contributed by atoms with Crippen LogP contribution in [0.4, 0.5) is 0 Å². The first kappa shape index (κ1) is 7.17. The van der Waals surface area contributed by atoms with Crippen molar-refractivity contribution in [3.8, 4) is 5.69 Å². The van der Waals surface area contributed by atoms with Gasteiger partial charge >= 0.3 is 0 Å². The van der Waals surface area contributed by atoms with Crippen LogP contribution in [0.2, 0.25) is 0 Å². The molecule has 3 heteroatoms. The van der Waals surface area contributed by atoms with Crippen molar-refractivity contribution in [3.63, 3.8) is 0 Å². The number of para-hydroxylation sites is 3. The Hall–Kier alpha value is -2.16. The van der Waals surface area contributed by atoms with Gasteiger partial charge in [0.05, 0.1) is 5.69 Å². The minimum Gasteiger partial charge on any atom is -0.150 e. The lowest BCUT2D eigenvalue weighted by Gasteiger charge is -1.92. The number of hydrogen-bond donors (Lipinski definition) is 0. The average Bonchev–Trinajstić information content (AvgIpc) is 2.96. The van der Waals surface area contributed by atoms with Crippen LogP contribution in [0.1, 0.15) is 0 Å². The second-order valence-electron chi connectivity index (χ2n) is 3.69. The predicted octanol–water partition coefficient (Wildman–Crippen LogP) is 2.42. The molecule has 0 saturated heterocycles. The molecular formula is C12H9N3. The summed E-state index contributed by atoms with van der Waals surface area (Å²) in [6.07, 6.45) is 0. The summed E-state index contributed by atoms with van der Waals surface area (Å²) in [6, 6.07) is 18.8. The van der Waals surface area contributed by atoms with Crippen LogP contribution in [0, 0.1) is 0 Å². The molecule has 0 aliphatic carbocycles. The maximum Gasteiger partial charge on any atom is 0.113 e. The van der Waals surface area contributed by atoms with Crippen molar-refractivity contribution >= 4 is 11.0 Å². The summed E-state index contributed by atoms with van der Waals surface area (Å²) in [5.74, 6) is 0. The third-order valence-corrected chi connectivity index (χ3v) is 2.81. The van der Waals surface area contributed by atoms with Crippen LogP contribution >= 0.6 is 0 Å². The molecule has 0 bridgehead atoms. The Bertz CT molecular complexity index is 669. The lowest BCUT2D eigenvalue weighted by Crippen LogP contribution is -1.87. The van der Waals surface area contributed by atoms with Crippen molar-refractivity contribution in [3.05, 3.63) is 54.6 Å². The Morgan fingerprint density at radius 2 is 1.13 bits per heavy atom. The molecule has 0 atom stereocenters. The first-order chi connectivity index (χ1) is 7.47. The molecule has 2 heterocycles. The maximum absolute atomic E-state index is 2.16. The monoisotopic (exact) mass is 195 g/mol. The van der Waals surface area contributed by atoms with Gasteiger partial charge in [0.15, 0.2) is 0 Å². The van der Waals surface area contributed by atoms with Crippen LogP contribution in [0.3, 0.4) is 0 Å². The molecule has 0 spiro atoms. The largest absolute Gasteiger partial charge is 0.150 e. The molecular weight excluding hydrogens is 186 g/mol. The summed E-state index contributed by atoms with van der Waals surface area (Å²) in [6.45, 7) is 0. The predicted molar refractivity (Wildman–Crippen MR) is 58.9 cm³/mol. The molecule has 0 aliphatic rings. The normalized spacial score (nSPS) is 12.0. The average molecular weight is 195 g/mol. The van der Waals surface area contributed by atoms with Crippen LogP contribution in [0.25, 0.3) is 16.7 Å². The fourth-order valence-electron chi connectivity index (χ4n) is 2.07. The van der Waals surface area contributed by atoms with Crippen LogP contribution in [0.5, 0.6) is 0 Å². The van der Waals surface area contributed by atoms with Gasteiger partial charge in [0.25, 0.3) is 0 Å². The fraction of sp³-hybridized carbons (Fsp3) is 0. The third-order valence-electron chi connectivity index (χ3n) is 2.81. The second-order valence-corrected chi connectivity index (χ2v) is 3.69. The van der Waals surface area contributed by atoms with Gasteiger partial charge in [-0.15, -0.1) is 9.26 Å². The van der Waals surface area contributed by atoms with Gasteiger partial charge in [-0.25, -0.2) is 0 Å². The molecule has 0 aliphatic heterocycles. The summed E-state index contributed by atoms with van der Waals surface area (Å²) < 4.78 is 4.31. The summed E-state index contributed by atoms with van der Waals surface area (Å²) in [5.41, 5.74) is 3.76. The molecule has 0 saturated carbocycles. The number of rotatable bonds is 1. The lowest BCUT2D eigenvalue weighted by molar-refractivity contribution is 1.02. The Morgan fingerprint density at radius 3 is 1.73 bits per heavy atom. The first-order valence-corrected chi connectivity index (χ1v) is 5.01. The summed E-state index contributed by atoms with van der Waals surface area (Å²) >= 11 is 0. The van der Waals surface area contributed by atoms with E-state index in [0.29, 0.717) is 0 Å². The van der Waals surface area contributed by atoms with Crippen molar-refractivity contribution in [2.24, 2.45) is 0 Å². The number of aromatic nitrogens is 3. The van der Waals surface area contributed by atoms with Crippen molar-refractivity contribution < 1.29 is 0 Å². The van der Waals surface area contributed by atoms with Gasteiger partial charge in [-0.2, -0.15) is 4.80 Å².